The van der Waals surface area contributed by atoms with Crippen LogP contribution in [0.15, 0.2) is 40.1 Å². The number of aryl methyl sites for hydroxylation is 1. The fourth-order valence-corrected chi connectivity index (χ4v) is 2.88. The second-order valence-electron chi connectivity index (χ2n) is 4.56. The van der Waals surface area contributed by atoms with E-state index in [4.69, 9.17) is 9.52 Å². The lowest BCUT2D eigenvalue weighted by molar-refractivity contribution is 0.0659. The summed E-state index contributed by atoms with van der Waals surface area (Å²) in [6, 6.07) is 9.97. The topological polar surface area (TPSA) is 62.5 Å². The van der Waals surface area contributed by atoms with Crippen LogP contribution in [0.3, 0.4) is 0 Å². The molecule has 3 aromatic rings. The lowest BCUT2D eigenvalue weighted by Gasteiger charge is -2.04. The molecule has 0 radical (unpaired) electrons. The Kier molecular flexibility index (Phi) is 3.20. The van der Waals surface area contributed by atoms with Gasteiger partial charge in [-0.25, -0.2) is 4.79 Å². The van der Waals surface area contributed by atoms with Crippen molar-refractivity contribution in [2.24, 2.45) is 0 Å². The molecule has 2 heterocycles. The summed E-state index contributed by atoms with van der Waals surface area (Å²) in [4.78, 5) is 10.9. The molecule has 0 amide bonds. The minimum Gasteiger partial charge on any atom is -0.475 e. The van der Waals surface area contributed by atoms with Crippen molar-refractivity contribution in [3.05, 3.63) is 52.8 Å². The maximum Gasteiger partial charge on any atom is 0.372 e. The average molecular weight is 287 g/mol. The van der Waals surface area contributed by atoms with Crippen molar-refractivity contribution in [1.29, 1.82) is 0 Å². The largest absolute Gasteiger partial charge is 0.475 e. The van der Waals surface area contributed by atoms with E-state index >= 15 is 0 Å². The molecule has 0 unspecified atom stereocenters. The molecule has 0 bridgehead atoms. The van der Waals surface area contributed by atoms with Gasteiger partial charge in [-0.15, -0.1) is 11.3 Å². The van der Waals surface area contributed by atoms with Crippen molar-refractivity contribution < 1.29 is 14.3 Å². The van der Waals surface area contributed by atoms with Crippen LogP contribution in [0.4, 0.5) is 5.69 Å². The maximum absolute atomic E-state index is 10.9. The summed E-state index contributed by atoms with van der Waals surface area (Å²) < 4.78 is 6.56. The number of fused-ring (bicyclic) bond motifs is 1. The fraction of sp³-hybridized carbons (Fsp3) is 0.133. The molecule has 0 aliphatic heterocycles. The number of anilines is 1. The molecule has 3 rings (SSSR count). The normalized spacial score (nSPS) is 10.8. The van der Waals surface area contributed by atoms with Crippen LogP contribution in [0, 0.1) is 6.92 Å². The number of thiophene rings is 1. The monoisotopic (exact) mass is 287 g/mol. The highest BCUT2D eigenvalue weighted by Crippen LogP contribution is 2.24. The van der Waals surface area contributed by atoms with Gasteiger partial charge in [-0.3, -0.25) is 0 Å². The number of benzene rings is 1. The van der Waals surface area contributed by atoms with Crippen LogP contribution in [-0.2, 0) is 6.54 Å². The van der Waals surface area contributed by atoms with E-state index < -0.39 is 5.97 Å². The maximum atomic E-state index is 10.9. The quantitative estimate of drug-likeness (QED) is 0.758. The van der Waals surface area contributed by atoms with Crippen molar-refractivity contribution >= 4 is 33.1 Å². The first-order chi connectivity index (χ1) is 9.63. The summed E-state index contributed by atoms with van der Waals surface area (Å²) in [5, 5.41) is 15.4. The second-order valence-corrected chi connectivity index (χ2v) is 5.50. The van der Waals surface area contributed by atoms with Gasteiger partial charge in [-0.2, -0.15) is 0 Å². The smallest absolute Gasteiger partial charge is 0.372 e. The van der Waals surface area contributed by atoms with Gasteiger partial charge in [0.25, 0.3) is 0 Å². The minimum atomic E-state index is -1.03. The zero-order valence-electron chi connectivity index (χ0n) is 10.8. The van der Waals surface area contributed by atoms with Gasteiger partial charge in [0.1, 0.15) is 5.76 Å². The van der Waals surface area contributed by atoms with Crippen LogP contribution in [0.25, 0.3) is 10.1 Å². The number of carboxylic acids is 1. The molecule has 20 heavy (non-hydrogen) atoms. The summed E-state index contributed by atoms with van der Waals surface area (Å²) in [5.41, 5.74) is 1.63. The van der Waals surface area contributed by atoms with E-state index in [9.17, 15) is 4.79 Å². The van der Waals surface area contributed by atoms with Crippen LogP contribution in [0.2, 0.25) is 0 Å². The van der Waals surface area contributed by atoms with Crippen LogP contribution in [-0.4, -0.2) is 11.1 Å². The van der Waals surface area contributed by atoms with Gasteiger partial charge in [-0.05, 0) is 48.0 Å². The number of aromatic carboxylic acids is 1. The first-order valence-electron chi connectivity index (χ1n) is 6.17. The number of hydrogen-bond donors (Lipinski definition) is 2. The van der Waals surface area contributed by atoms with Gasteiger partial charge >= 0.3 is 5.97 Å². The molecule has 0 fully saturated rings. The highest BCUT2D eigenvalue weighted by Gasteiger charge is 2.13. The minimum absolute atomic E-state index is 0.00934. The Balaban J connectivity index is 1.75. The predicted molar refractivity (Wildman–Crippen MR) is 79.6 cm³/mol. The molecule has 5 heteroatoms. The first kappa shape index (κ1) is 12.7. The second kappa shape index (κ2) is 5.02. The van der Waals surface area contributed by atoms with Crippen LogP contribution >= 0.6 is 11.3 Å². The lowest BCUT2D eigenvalue weighted by atomic mass is 10.2. The summed E-state index contributed by atoms with van der Waals surface area (Å²) >= 11 is 1.71. The third-order valence-electron chi connectivity index (χ3n) is 3.08. The van der Waals surface area contributed by atoms with E-state index in [2.05, 4.69) is 28.9 Å². The third kappa shape index (κ3) is 2.40. The third-order valence-corrected chi connectivity index (χ3v) is 3.98. The Labute approximate surface area is 119 Å². The van der Waals surface area contributed by atoms with Gasteiger partial charge < -0.3 is 14.8 Å². The van der Waals surface area contributed by atoms with E-state index in [0.717, 1.165) is 5.69 Å². The molecule has 0 aliphatic carbocycles. The molecular weight excluding hydrogens is 274 g/mol. The SMILES string of the molecule is Cc1cc(CNc2ccc3sccc3c2)oc1C(=O)O. The predicted octanol–water partition coefficient (Wildman–Crippen LogP) is 4.11. The molecule has 4 nitrogen and oxygen atoms in total. The van der Waals surface area contributed by atoms with Crippen molar-refractivity contribution in [3.63, 3.8) is 0 Å². The molecule has 2 aromatic heterocycles. The number of carbonyl (C=O) groups is 1. The number of furan rings is 1. The van der Waals surface area contributed by atoms with Gasteiger partial charge in [0, 0.05) is 16.0 Å². The van der Waals surface area contributed by atoms with Crippen LogP contribution < -0.4 is 5.32 Å². The van der Waals surface area contributed by atoms with Gasteiger partial charge in [-0.1, -0.05) is 0 Å². The van der Waals surface area contributed by atoms with Crippen molar-refractivity contribution in [2.45, 2.75) is 13.5 Å². The highest BCUT2D eigenvalue weighted by molar-refractivity contribution is 7.17. The Morgan fingerprint density at radius 1 is 1.35 bits per heavy atom. The number of rotatable bonds is 4. The molecular formula is C15H13NO3S. The molecule has 0 aliphatic rings. The zero-order valence-corrected chi connectivity index (χ0v) is 11.7. The van der Waals surface area contributed by atoms with Gasteiger partial charge in [0.2, 0.25) is 5.76 Å². The Bertz CT molecular complexity index is 772. The number of carboxylic acid groups (broad SMARTS) is 1. The van der Waals surface area contributed by atoms with E-state index in [1.165, 1.54) is 10.1 Å². The Morgan fingerprint density at radius 2 is 2.20 bits per heavy atom. The molecule has 0 saturated heterocycles. The summed E-state index contributed by atoms with van der Waals surface area (Å²) in [7, 11) is 0. The van der Waals surface area contributed by atoms with E-state index in [-0.39, 0.29) is 5.76 Å². The Hall–Kier alpha value is -2.27. The molecule has 0 saturated carbocycles. The Morgan fingerprint density at radius 3 is 2.95 bits per heavy atom. The van der Waals surface area contributed by atoms with Crippen molar-refractivity contribution in [2.75, 3.05) is 5.32 Å². The molecule has 0 atom stereocenters. The lowest BCUT2D eigenvalue weighted by Crippen LogP contribution is -1.98. The van der Waals surface area contributed by atoms with E-state index in [1.807, 2.05) is 6.07 Å². The molecule has 0 spiro atoms. The average Bonchev–Trinajstić information content (AvgIpc) is 3.01. The van der Waals surface area contributed by atoms with E-state index in [1.54, 1.807) is 24.3 Å². The van der Waals surface area contributed by atoms with Gasteiger partial charge in [0.15, 0.2) is 0 Å². The van der Waals surface area contributed by atoms with Crippen LogP contribution in [0.1, 0.15) is 21.9 Å². The highest BCUT2D eigenvalue weighted by atomic mass is 32.1. The van der Waals surface area contributed by atoms with Gasteiger partial charge in [0.05, 0.1) is 6.54 Å². The molecule has 2 N–H and O–H groups in total. The summed E-state index contributed by atoms with van der Waals surface area (Å²) in [6.07, 6.45) is 0. The number of hydrogen-bond acceptors (Lipinski definition) is 4. The standard InChI is InChI=1S/C15H13NO3S/c1-9-6-12(19-14(9)15(17)18)8-16-11-2-3-13-10(7-11)4-5-20-13/h2-7,16H,8H2,1H3,(H,17,18). The van der Waals surface area contributed by atoms with Crippen molar-refractivity contribution in [1.82, 2.24) is 0 Å². The molecule has 1 aromatic carbocycles. The number of nitrogens with one attached hydrogen (secondary N) is 1. The van der Waals surface area contributed by atoms with Crippen LogP contribution in [0.5, 0.6) is 0 Å². The summed E-state index contributed by atoms with van der Waals surface area (Å²) in [5.74, 6) is -0.408. The summed E-state index contributed by atoms with van der Waals surface area (Å²) in [6.45, 7) is 2.19. The molecule has 102 valence electrons. The fourth-order valence-electron chi connectivity index (χ4n) is 2.11. The van der Waals surface area contributed by atoms with E-state index in [0.29, 0.717) is 17.9 Å². The first-order valence-corrected chi connectivity index (χ1v) is 7.05. The van der Waals surface area contributed by atoms with Crippen molar-refractivity contribution in [3.8, 4) is 0 Å². The zero-order chi connectivity index (χ0) is 14.1.